The first kappa shape index (κ1) is 46.4. The fourth-order valence-electron chi connectivity index (χ4n) is 7.09. The molecule has 0 bridgehead atoms. The number of ether oxygens (including phenoxy) is 6. The summed E-state index contributed by atoms with van der Waals surface area (Å²) in [4.78, 5) is 12.5. The largest absolute Gasteiger partial charge is 0.512 e. The molecular weight excluding hydrogens is 867 g/mol. The molecule has 0 aromatic heterocycles. The summed E-state index contributed by atoms with van der Waals surface area (Å²) in [5.74, 6) is 1.56. The Morgan fingerprint density at radius 3 is 1.52 bits per heavy atom. The summed E-state index contributed by atoms with van der Waals surface area (Å²) in [6.07, 6.45) is 3.37. The van der Waals surface area contributed by atoms with Gasteiger partial charge in [0, 0.05) is 24.3 Å². The van der Waals surface area contributed by atoms with Gasteiger partial charge >= 0.3 is 30.2 Å². The Bertz CT molecular complexity index is 2700. The van der Waals surface area contributed by atoms with Crippen LogP contribution in [0.4, 0.5) is 26.3 Å². The number of carbonyl (C=O) groups excluding carboxylic acids is 1. The highest BCUT2D eigenvalue weighted by atomic mass is 19.3. The van der Waals surface area contributed by atoms with Crippen molar-refractivity contribution in [2.45, 2.75) is 50.9 Å². The third kappa shape index (κ3) is 11.7. The summed E-state index contributed by atoms with van der Waals surface area (Å²) in [5, 5.41) is 9.56. The lowest BCUT2D eigenvalue weighted by Gasteiger charge is -2.32. The Hall–Kier alpha value is -7.61. The Kier molecular flexibility index (Phi) is 14.4. The van der Waals surface area contributed by atoms with Crippen molar-refractivity contribution < 1.29 is 64.7 Å². The van der Waals surface area contributed by atoms with Crippen molar-refractivity contribution in [1.29, 1.82) is 0 Å². The molecule has 0 heterocycles. The predicted octanol–water partition coefficient (Wildman–Crippen LogP) is 13.6. The molecule has 2 unspecified atom stereocenters. The second kappa shape index (κ2) is 20.5. The van der Waals surface area contributed by atoms with Gasteiger partial charge < -0.3 is 33.5 Å². The van der Waals surface area contributed by atoms with Gasteiger partial charge in [-0.05, 0) is 120 Å². The average molecular weight is 909 g/mol. The van der Waals surface area contributed by atoms with Crippen LogP contribution in [0.25, 0.3) is 0 Å². The zero-order valence-electron chi connectivity index (χ0n) is 35.5. The zero-order valence-corrected chi connectivity index (χ0v) is 35.5. The molecule has 2 aliphatic rings. The van der Waals surface area contributed by atoms with Crippen molar-refractivity contribution in [2.75, 3.05) is 6.61 Å². The van der Waals surface area contributed by atoms with Gasteiger partial charge in [-0.2, -0.15) is 26.3 Å². The SMILES string of the molecule is CC1(OC(F)=C(F)F)C=CC(COc2ccc(C(C)(c3ccc(OCc4ccc(OC(F)=C(F)F)cc4)cc3)c3ccc(OCc4ccc(C(=O)OC5=CCC(O)=C5)cc4)cc3)cc2)=CC1. The number of halogens is 6. The Labute approximate surface area is 376 Å². The van der Waals surface area contributed by atoms with E-state index in [4.69, 9.17) is 23.7 Å². The molecule has 0 radical (unpaired) electrons. The average Bonchev–Trinajstić information content (AvgIpc) is 3.74. The first-order valence-electron chi connectivity index (χ1n) is 20.5. The number of hydrogen-bond donors (Lipinski definition) is 1. The van der Waals surface area contributed by atoms with E-state index in [-0.39, 0.29) is 37.8 Å². The smallest absolute Gasteiger partial charge is 0.344 e. The normalized spacial score (nSPS) is 16.2. The van der Waals surface area contributed by atoms with Crippen LogP contribution in [0.2, 0.25) is 0 Å². The van der Waals surface area contributed by atoms with Gasteiger partial charge in [-0.1, -0.05) is 72.8 Å². The molecule has 0 amide bonds. The molecular formula is C52H42F6O8. The first-order chi connectivity index (χ1) is 31.7. The molecule has 340 valence electrons. The monoisotopic (exact) mass is 908 g/mol. The number of allylic oxidation sites excluding steroid dienone is 2. The van der Waals surface area contributed by atoms with Crippen LogP contribution in [0.1, 0.15) is 64.9 Å². The molecule has 66 heavy (non-hydrogen) atoms. The van der Waals surface area contributed by atoms with Crippen LogP contribution in [0, 0.1) is 0 Å². The Morgan fingerprint density at radius 2 is 1.08 bits per heavy atom. The van der Waals surface area contributed by atoms with Gasteiger partial charge in [0.05, 0.1) is 11.3 Å². The number of hydrogen-bond acceptors (Lipinski definition) is 8. The Balaban J connectivity index is 1.04. The number of benzene rings is 5. The molecule has 0 spiro atoms. The van der Waals surface area contributed by atoms with Crippen LogP contribution >= 0.6 is 0 Å². The van der Waals surface area contributed by atoms with E-state index in [2.05, 4.69) is 11.7 Å². The predicted molar refractivity (Wildman–Crippen MR) is 233 cm³/mol. The van der Waals surface area contributed by atoms with Gasteiger partial charge in [0.2, 0.25) is 0 Å². The van der Waals surface area contributed by atoms with Crippen molar-refractivity contribution in [3.05, 3.63) is 226 Å². The topological polar surface area (TPSA) is 92.7 Å². The minimum Gasteiger partial charge on any atom is -0.512 e. The summed E-state index contributed by atoms with van der Waals surface area (Å²) in [7, 11) is 0. The minimum atomic E-state index is -2.55. The molecule has 14 heteroatoms. The lowest BCUT2D eigenvalue weighted by Crippen LogP contribution is -2.27. The van der Waals surface area contributed by atoms with E-state index in [1.165, 1.54) is 31.2 Å². The lowest BCUT2D eigenvalue weighted by atomic mass is 9.71. The molecule has 2 atom stereocenters. The molecule has 0 saturated heterocycles. The van der Waals surface area contributed by atoms with Crippen molar-refractivity contribution in [3.63, 3.8) is 0 Å². The maximum absolute atomic E-state index is 13.5. The van der Waals surface area contributed by atoms with Crippen LogP contribution in [0.15, 0.2) is 193 Å². The Morgan fingerprint density at radius 1 is 0.606 bits per heavy atom. The van der Waals surface area contributed by atoms with Crippen LogP contribution in [-0.4, -0.2) is 23.3 Å². The number of aliphatic hydroxyl groups excluding tert-OH is 1. The molecule has 2 aliphatic carbocycles. The van der Waals surface area contributed by atoms with Gasteiger partial charge in [-0.25, -0.2) is 4.79 Å². The third-order valence-electron chi connectivity index (χ3n) is 10.9. The molecule has 1 N–H and O–H groups in total. The van der Waals surface area contributed by atoms with Gasteiger partial charge in [0.25, 0.3) is 0 Å². The summed E-state index contributed by atoms with van der Waals surface area (Å²) >= 11 is 0. The van der Waals surface area contributed by atoms with Gasteiger partial charge in [-0.3, -0.25) is 0 Å². The number of esters is 1. The fraction of sp³-hybridized carbons (Fsp3) is 0.173. The van der Waals surface area contributed by atoms with Crippen molar-refractivity contribution in [2.24, 2.45) is 0 Å². The van der Waals surface area contributed by atoms with Crippen molar-refractivity contribution in [3.8, 4) is 23.0 Å². The molecule has 0 aliphatic heterocycles. The number of carbonyl (C=O) groups is 1. The van der Waals surface area contributed by atoms with E-state index < -0.39 is 41.2 Å². The maximum atomic E-state index is 13.5. The molecule has 7 rings (SSSR count). The van der Waals surface area contributed by atoms with Crippen molar-refractivity contribution in [1.82, 2.24) is 0 Å². The van der Waals surface area contributed by atoms with Gasteiger partial charge in [0.15, 0.2) is 0 Å². The van der Waals surface area contributed by atoms with Gasteiger partial charge in [0.1, 0.15) is 54.2 Å². The molecule has 8 nitrogen and oxygen atoms in total. The van der Waals surface area contributed by atoms with Crippen molar-refractivity contribution >= 4 is 5.97 Å². The summed E-state index contributed by atoms with van der Waals surface area (Å²) in [6.45, 7) is 4.14. The van der Waals surface area contributed by atoms with Crippen LogP contribution < -0.4 is 18.9 Å². The second-order valence-electron chi connectivity index (χ2n) is 15.6. The van der Waals surface area contributed by atoms with E-state index in [9.17, 15) is 36.2 Å². The first-order valence-corrected chi connectivity index (χ1v) is 20.5. The highest BCUT2D eigenvalue weighted by molar-refractivity contribution is 5.90. The van der Waals surface area contributed by atoms with E-state index in [1.807, 2.05) is 72.8 Å². The highest BCUT2D eigenvalue weighted by Crippen LogP contribution is 2.41. The zero-order chi connectivity index (χ0) is 46.8. The molecule has 5 aromatic rings. The van der Waals surface area contributed by atoms with Gasteiger partial charge in [-0.15, -0.1) is 0 Å². The number of rotatable bonds is 18. The highest BCUT2D eigenvalue weighted by Gasteiger charge is 2.32. The van der Waals surface area contributed by atoms with E-state index in [0.717, 1.165) is 27.8 Å². The van der Waals surface area contributed by atoms with Crippen LogP contribution in [0.5, 0.6) is 23.0 Å². The summed E-state index contributed by atoms with van der Waals surface area (Å²) in [6, 6.07) is 31.8. The minimum absolute atomic E-state index is 0.0854. The summed E-state index contributed by atoms with van der Waals surface area (Å²) < 4.78 is 110. The molecule has 0 fully saturated rings. The third-order valence-corrected chi connectivity index (χ3v) is 10.9. The lowest BCUT2D eigenvalue weighted by molar-refractivity contribution is 0.0103. The number of aliphatic hydroxyl groups is 1. The van der Waals surface area contributed by atoms with E-state index in [1.54, 1.807) is 54.6 Å². The standard InChI is InChI=1S/C52H42F6O8/c1-51(66-49(58)47(55)56)27-25-35(26-28-51)32-63-43-22-13-39(14-23-43)52(2,38-11-20-42(21-12-38)62-31-34-5-16-44(17-6-34)64-48(57)46(53)54)37-9-18-41(19-10-37)61-30-33-3-7-36(8-4-33)50(60)65-45-24-15-40(59)29-45/h3-14,16-27,29,59H,15,28,30-32H2,1-2H3. The maximum Gasteiger partial charge on any atom is 0.344 e. The molecule has 5 aromatic carbocycles. The van der Waals surface area contributed by atoms with Crippen LogP contribution in [-0.2, 0) is 28.1 Å². The van der Waals surface area contributed by atoms with E-state index in [0.29, 0.717) is 40.6 Å². The quantitative estimate of drug-likeness (QED) is 0.0402. The van der Waals surface area contributed by atoms with Crippen LogP contribution in [0.3, 0.4) is 0 Å². The van der Waals surface area contributed by atoms with E-state index >= 15 is 0 Å². The molecule has 0 saturated carbocycles. The fourth-order valence-corrected chi connectivity index (χ4v) is 7.09. The summed E-state index contributed by atoms with van der Waals surface area (Å²) in [5.41, 5.74) is 3.45. The second-order valence-corrected chi connectivity index (χ2v) is 15.6.